The molecule has 0 fully saturated rings. The molecular formula is C13H18BrNO5. The van der Waals surface area contributed by atoms with Crippen LogP contribution in [0.4, 0.5) is 10.7 Å². The van der Waals surface area contributed by atoms with Crippen LogP contribution in [0.2, 0.25) is 0 Å². The van der Waals surface area contributed by atoms with Gasteiger partial charge in [-0.2, -0.15) is 0 Å². The first-order valence-corrected chi connectivity index (χ1v) is 6.85. The van der Waals surface area contributed by atoms with Crippen LogP contribution in [0.1, 0.15) is 27.2 Å². The van der Waals surface area contributed by atoms with Gasteiger partial charge in [-0.25, -0.2) is 9.69 Å². The van der Waals surface area contributed by atoms with Crippen LogP contribution >= 0.6 is 15.9 Å². The van der Waals surface area contributed by atoms with Crippen LogP contribution in [-0.4, -0.2) is 31.3 Å². The lowest BCUT2D eigenvalue weighted by molar-refractivity contribution is -0.140. The Morgan fingerprint density at radius 3 is 2.45 bits per heavy atom. The predicted molar refractivity (Wildman–Crippen MR) is 76.6 cm³/mol. The molecule has 7 heteroatoms. The fourth-order valence-electron chi connectivity index (χ4n) is 1.36. The zero-order valence-corrected chi connectivity index (χ0v) is 13.5. The third kappa shape index (κ3) is 5.24. The molecule has 0 saturated carbocycles. The number of carbonyl (C=O) groups excluding carboxylic acids is 2. The van der Waals surface area contributed by atoms with Crippen molar-refractivity contribution in [2.45, 2.75) is 32.8 Å². The van der Waals surface area contributed by atoms with Crippen molar-refractivity contribution in [3.05, 3.63) is 16.8 Å². The zero-order valence-electron chi connectivity index (χ0n) is 11.9. The SMILES string of the molecule is COC(=O)CCN(C(=O)OC(C)(C)C)c1ccc(Br)o1. The number of halogens is 1. The van der Waals surface area contributed by atoms with Crippen LogP contribution in [-0.2, 0) is 14.3 Å². The number of anilines is 1. The van der Waals surface area contributed by atoms with Crippen LogP contribution in [0, 0.1) is 0 Å². The monoisotopic (exact) mass is 347 g/mol. The van der Waals surface area contributed by atoms with Crippen molar-refractivity contribution in [3.63, 3.8) is 0 Å². The van der Waals surface area contributed by atoms with Crippen molar-refractivity contribution in [1.29, 1.82) is 0 Å². The number of rotatable bonds is 4. The van der Waals surface area contributed by atoms with E-state index in [9.17, 15) is 9.59 Å². The molecule has 20 heavy (non-hydrogen) atoms. The van der Waals surface area contributed by atoms with Crippen LogP contribution in [0.15, 0.2) is 21.2 Å². The number of hydrogen-bond acceptors (Lipinski definition) is 5. The zero-order chi connectivity index (χ0) is 15.3. The van der Waals surface area contributed by atoms with E-state index in [-0.39, 0.29) is 13.0 Å². The lowest BCUT2D eigenvalue weighted by atomic mass is 10.2. The first-order chi connectivity index (χ1) is 9.23. The van der Waals surface area contributed by atoms with Gasteiger partial charge in [-0.15, -0.1) is 0 Å². The number of methoxy groups -OCH3 is 1. The highest BCUT2D eigenvalue weighted by atomic mass is 79.9. The highest BCUT2D eigenvalue weighted by Gasteiger charge is 2.26. The largest absolute Gasteiger partial charge is 0.469 e. The number of amides is 1. The summed E-state index contributed by atoms with van der Waals surface area (Å²) in [4.78, 5) is 24.6. The van der Waals surface area contributed by atoms with Gasteiger partial charge < -0.3 is 13.9 Å². The second-order valence-corrected chi connectivity index (χ2v) is 5.82. The molecule has 0 unspecified atom stereocenters. The smallest absolute Gasteiger partial charge is 0.417 e. The number of nitrogens with zero attached hydrogens (tertiary/aromatic N) is 1. The molecule has 1 rings (SSSR count). The number of ether oxygens (including phenoxy) is 2. The second-order valence-electron chi connectivity index (χ2n) is 5.04. The first kappa shape index (κ1) is 16.6. The summed E-state index contributed by atoms with van der Waals surface area (Å²) >= 11 is 3.17. The molecule has 112 valence electrons. The Balaban J connectivity index is 2.84. The minimum Gasteiger partial charge on any atom is -0.469 e. The van der Waals surface area contributed by atoms with Crippen LogP contribution in [0.25, 0.3) is 0 Å². The van der Waals surface area contributed by atoms with E-state index in [0.29, 0.717) is 10.6 Å². The van der Waals surface area contributed by atoms with E-state index in [1.54, 1.807) is 32.9 Å². The summed E-state index contributed by atoms with van der Waals surface area (Å²) in [5.41, 5.74) is -0.635. The Labute approximate surface area is 126 Å². The average molecular weight is 348 g/mol. The minimum absolute atomic E-state index is 0.0497. The second kappa shape index (κ2) is 6.78. The van der Waals surface area contributed by atoms with Crippen molar-refractivity contribution in [1.82, 2.24) is 0 Å². The van der Waals surface area contributed by atoms with E-state index >= 15 is 0 Å². The van der Waals surface area contributed by atoms with Gasteiger partial charge in [0.25, 0.3) is 0 Å². The molecule has 6 nitrogen and oxygen atoms in total. The Morgan fingerprint density at radius 2 is 2.00 bits per heavy atom. The van der Waals surface area contributed by atoms with Crippen LogP contribution in [0.5, 0.6) is 0 Å². The van der Waals surface area contributed by atoms with Gasteiger partial charge in [0.05, 0.1) is 13.5 Å². The van der Waals surface area contributed by atoms with Gasteiger partial charge in [0.15, 0.2) is 4.67 Å². The van der Waals surface area contributed by atoms with Crippen LogP contribution in [0.3, 0.4) is 0 Å². The maximum absolute atomic E-state index is 12.1. The Morgan fingerprint density at radius 1 is 1.35 bits per heavy atom. The molecule has 1 aromatic rings. The number of furan rings is 1. The van der Waals surface area contributed by atoms with Gasteiger partial charge in [-0.3, -0.25) is 4.79 Å². The number of esters is 1. The lowest BCUT2D eigenvalue weighted by Crippen LogP contribution is -2.38. The first-order valence-electron chi connectivity index (χ1n) is 6.05. The Hall–Kier alpha value is -1.50. The minimum atomic E-state index is -0.635. The van der Waals surface area contributed by atoms with E-state index < -0.39 is 17.7 Å². The average Bonchev–Trinajstić information content (AvgIpc) is 2.73. The Bertz CT molecular complexity index is 477. The molecule has 1 amide bonds. The predicted octanol–water partition coefficient (Wildman–Crippen LogP) is 3.35. The van der Waals surface area contributed by atoms with Crippen molar-refractivity contribution < 1.29 is 23.5 Å². The van der Waals surface area contributed by atoms with Gasteiger partial charge in [0.2, 0.25) is 5.88 Å². The van der Waals surface area contributed by atoms with Gasteiger partial charge >= 0.3 is 12.1 Å². The summed E-state index contributed by atoms with van der Waals surface area (Å²) in [6.45, 7) is 5.41. The molecule has 1 aromatic heterocycles. The standard InChI is InChI=1S/C13H18BrNO5/c1-13(2,3)20-12(17)15(8-7-11(16)18-4)10-6-5-9(14)19-10/h5-6H,7-8H2,1-4H3. The van der Waals surface area contributed by atoms with Gasteiger partial charge in [-0.1, -0.05) is 0 Å². The van der Waals surface area contributed by atoms with E-state index in [2.05, 4.69) is 20.7 Å². The quantitative estimate of drug-likeness (QED) is 0.781. The molecule has 0 aliphatic heterocycles. The molecule has 0 N–H and O–H groups in total. The molecule has 0 atom stereocenters. The fraction of sp³-hybridized carbons (Fsp3) is 0.538. The summed E-state index contributed by atoms with van der Waals surface area (Å²) in [7, 11) is 1.30. The number of hydrogen-bond donors (Lipinski definition) is 0. The molecule has 0 spiro atoms. The summed E-state index contributed by atoms with van der Waals surface area (Å²) in [6, 6.07) is 3.27. The van der Waals surface area contributed by atoms with Crippen molar-refractivity contribution in [3.8, 4) is 0 Å². The maximum Gasteiger partial charge on any atom is 0.417 e. The van der Waals surface area contributed by atoms with Gasteiger partial charge in [0.1, 0.15) is 5.60 Å². The van der Waals surface area contributed by atoms with Gasteiger partial charge in [-0.05, 0) is 42.8 Å². The summed E-state index contributed by atoms with van der Waals surface area (Å²) in [6.07, 6.45) is -0.531. The normalized spacial score (nSPS) is 11.1. The molecule has 0 saturated heterocycles. The third-order valence-electron chi connectivity index (χ3n) is 2.21. The lowest BCUT2D eigenvalue weighted by Gasteiger charge is -2.25. The Kier molecular flexibility index (Phi) is 5.62. The van der Waals surface area contributed by atoms with E-state index in [1.165, 1.54) is 12.0 Å². The third-order valence-corrected chi connectivity index (χ3v) is 2.63. The molecule has 0 aliphatic rings. The van der Waals surface area contributed by atoms with Crippen molar-refractivity contribution >= 4 is 33.9 Å². The van der Waals surface area contributed by atoms with Crippen LogP contribution < -0.4 is 4.90 Å². The molecule has 0 bridgehead atoms. The molecule has 0 aromatic carbocycles. The fourth-order valence-corrected chi connectivity index (χ4v) is 1.66. The maximum atomic E-state index is 12.1. The molecule has 0 aliphatic carbocycles. The summed E-state index contributed by atoms with van der Waals surface area (Å²) in [5.74, 6) is -0.112. The number of carbonyl (C=O) groups is 2. The molecule has 1 heterocycles. The van der Waals surface area contributed by atoms with E-state index in [4.69, 9.17) is 9.15 Å². The van der Waals surface area contributed by atoms with E-state index in [0.717, 1.165) is 0 Å². The topological polar surface area (TPSA) is 69.0 Å². The van der Waals surface area contributed by atoms with E-state index in [1.807, 2.05) is 0 Å². The molecule has 0 radical (unpaired) electrons. The summed E-state index contributed by atoms with van der Waals surface area (Å²) in [5, 5.41) is 0. The highest BCUT2D eigenvalue weighted by molar-refractivity contribution is 9.10. The highest BCUT2D eigenvalue weighted by Crippen LogP contribution is 2.24. The van der Waals surface area contributed by atoms with Crippen molar-refractivity contribution in [2.75, 3.05) is 18.6 Å². The molecular weight excluding hydrogens is 330 g/mol. The summed E-state index contributed by atoms with van der Waals surface area (Å²) < 4.78 is 15.7. The van der Waals surface area contributed by atoms with Gasteiger partial charge in [0, 0.05) is 12.6 Å². The van der Waals surface area contributed by atoms with Crippen molar-refractivity contribution in [2.24, 2.45) is 0 Å².